The summed E-state index contributed by atoms with van der Waals surface area (Å²) >= 11 is 5.40. The van der Waals surface area contributed by atoms with Gasteiger partial charge >= 0.3 is 0 Å². The van der Waals surface area contributed by atoms with E-state index in [0.717, 1.165) is 6.42 Å². The molecule has 1 heterocycles. The fourth-order valence-corrected chi connectivity index (χ4v) is 3.18. The first-order chi connectivity index (χ1) is 6.22. The Kier molecular flexibility index (Phi) is 2.43. The molecule has 0 amide bonds. The van der Waals surface area contributed by atoms with Crippen LogP contribution < -0.4 is 0 Å². The van der Waals surface area contributed by atoms with Gasteiger partial charge in [0.25, 0.3) is 0 Å². The topological polar surface area (TPSA) is 0 Å². The lowest BCUT2D eigenvalue weighted by Crippen LogP contribution is -1.78. The Balaban J connectivity index is 2.80. The van der Waals surface area contributed by atoms with Crippen LogP contribution in [0.1, 0.15) is 17.4 Å². The molecule has 1 aromatic heterocycles. The molecule has 2 rings (SSSR count). The molecule has 0 saturated heterocycles. The van der Waals surface area contributed by atoms with Gasteiger partial charge in [0.05, 0.1) is 0 Å². The molecule has 0 atom stereocenters. The molecule has 0 aliphatic heterocycles. The fraction of sp³-hybridized carbons (Fsp3) is 0.273. The number of fused-ring (bicyclic) bond motifs is 1. The molecular weight excluding hydrogens is 244 g/mol. The minimum atomic E-state index is 1.13. The quantitative estimate of drug-likeness (QED) is 0.702. The highest BCUT2D eigenvalue weighted by Crippen LogP contribution is 2.32. The summed E-state index contributed by atoms with van der Waals surface area (Å²) in [4.78, 5) is 1.45. The third-order valence-electron chi connectivity index (χ3n) is 2.31. The van der Waals surface area contributed by atoms with Gasteiger partial charge in [-0.3, -0.25) is 0 Å². The Morgan fingerprint density at radius 2 is 2.15 bits per heavy atom. The normalized spacial score (nSPS) is 11.0. The number of hydrogen-bond donors (Lipinski definition) is 0. The first kappa shape index (κ1) is 9.22. The number of hydrogen-bond acceptors (Lipinski definition) is 1. The lowest BCUT2D eigenvalue weighted by molar-refractivity contribution is 1.15. The average Bonchev–Trinajstić information content (AvgIpc) is 2.40. The van der Waals surface area contributed by atoms with Crippen LogP contribution in [-0.2, 0) is 6.42 Å². The molecular formula is C11H11BrS. The molecule has 0 saturated carbocycles. The highest BCUT2D eigenvalue weighted by atomic mass is 79.9. The van der Waals surface area contributed by atoms with Gasteiger partial charge < -0.3 is 0 Å². The third-order valence-corrected chi connectivity index (χ3v) is 3.93. The maximum atomic E-state index is 3.51. The van der Waals surface area contributed by atoms with Crippen molar-refractivity contribution in [1.29, 1.82) is 0 Å². The van der Waals surface area contributed by atoms with Crippen molar-refractivity contribution in [2.24, 2.45) is 0 Å². The molecule has 0 radical (unpaired) electrons. The summed E-state index contributed by atoms with van der Waals surface area (Å²) in [7, 11) is 0. The highest BCUT2D eigenvalue weighted by molar-refractivity contribution is 9.10. The molecule has 0 bridgehead atoms. The second-order valence-corrected chi connectivity index (χ2v) is 5.30. The Morgan fingerprint density at radius 3 is 2.85 bits per heavy atom. The molecule has 0 N–H and O–H groups in total. The maximum absolute atomic E-state index is 3.51. The Labute approximate surface area is 90.7 Å². The van der Waals surface area contributed by atoms with Gasteiger partial charge in [-0.2, -0.15) is 0 Å². The number of benzene rings is 1. The van der Waals surface area contributed by atoms with Gasteiger partial charge in [-0.15, -0.1) is 11.3 Å². The van der Waals surface area contributed by atoms with Crippen LogP contribution in [0, 0.1) is 6.92 Å². The average molecular weight is 255 g/mol. The molecule has 2 heteroatoms. The molecule has 1 aromatic carbocycles. The van der Waals surface area contributed by atoms with Crippen molar-refractivity contribution in [3.63, 3.8) is 0 Å². The number of aryl methyl sites for hydroxylation is 2. The summed E-state index contributed by atoms with van der Waals surface area (Å²) in [6.45, 7) is 4.42. The van der Waals surface area contributed by atoms with Crippen molar-refractivity contribution in [2.75, 3.05) is 0 Å². The van der Waals surface area contributed by atoms with E-state index in [1.165, 1.54) is 25.0 Å². The van der Waals surface area contributed by atoms with Crippen LogP contribution >= 0.6 is 27.3 Å². The smallest absolute Gasteiger partial charge is 0.0349 e. The molecule has 0 nitrogen and oxygen atoms in total. The molecule has 0 fully saturated rings. The number of halogens is 1. The van der Waals surface area contributed by atoms with Crippen molar-refractivity contribution in [2.45, 2.75) is 20.3 Å². The Bertz CT molecular complexity index is 443. The number of thiophene rings is 1. The van der Waals surface area contributed by atoms with E-state index in [1.807, 2.05) is 11.3 Å². The van der Waals surface area contributed by atoms with Crippen LogP contribution in [0.15, 0.2) is 22.7 Å². The van der Waals surface area contributed by atoms with Gasteiger partial charge in [-0.1, -0.05) is 22.9 Å². The standard InChI is InChI=1S/C11H11BrS/c1-3-9-7(2)13-11-5-4-8(12)6-10(9)11/h4-6H,3H2,1-2H3. The van der Waals surface area contributed by atoms with Crippen LogP contribution in [0.4, 0.5) is 0 Å². The van der Waals surface area contributed by atoms with Gasteiger partial charge in [-0.05, 0) is 42.5 Å². The van der Waals surface area contributed by atoms with Gasteiger partial charge in [-0.25, -0.2) is 0 Å². The second-order valence-electron chi connectivity index (χ2n) is 3.13. The van der Waals surface area contributed by atoms with E-state index in [0.29, 0.717) is 0 Å². The molecule has 0 aliphatic rings. The van der Waals surface area contributed by atoms with Crippen molar-refractivity contribution in [3.05, 3.63) is 33.1 Å². The zero-order valence-electron chi connectivity index (χ0n) is 7.73. The summed E-state index contributed by atoms with van der Waals surface area (Å²) in [6.07, 6.45) is 1.13. The van der Waals surface area contributed by atoms with Gasteiger partial charge in [0, 0.05) is 14.0 Å². The maximum Gasteiger partial charge on any atom is 0.0349 e. The monoisotopic (exact) mass is 254 g/mol. The molecule has 0 aliphatic carbocycles. The summed E-state index contributed by atoms with van der Waals surface area (Å²) in [5.74, 6) is 0. The van der Waals surface area contributed by atoms with Crippen LogP contribution in [0.5, 0.6) is 0 Å². The van der Waals surface area contributed by atoms with E-state index >= 15 is 0 Å². The summed E-state index contributed by atoms with van der Waals surface area (Å²) in [5, 5.41) is 1.42. The third kappa shape index (κ3) is 1.53. The minimum absolute atomic E-state index is 1.13. The van der Waals surface area contributed by atoms with E-state index in [-0.39, 0.29) is 0 Å². The molecule has 0 spiro atoms. The van der Waals surface area contributed by atoms with E-state index in [1.54, 1.807) is 0 Å². The molecule has 0 unspecified atom stereocenters. The van der Waals surface area contributed by atoms with E-state index < -0.39 is 0 Å². The Hall–Kier alpha value is -0.340. The number of rotatable bonds is 1. The first-order valence-corrected chi connectivity index (χ1v) is 6.01. The largest absolute Gasteiger partial charge is 0.140 e. The first-order valence-electron chi connectivity index (χ1n) is 4.40. The SMILES string of the molecule is CCc1c(C)sc2ccc(Br)cc12. The highest BCUT2D eigenvalue weighted by Gasteiger charge is 2.06. The predicted molar refractivity (Wildman–Crippen MR) is 63.6 cm³/mol. The van der Waals surface area contributed by atoms with E-state index in [4.69, 9.17) is 0 Å². The van der Waals surface area contributed by atoms with Crippen LogP contribution in [0.2, 0.25) is 0 Å². The van der Waals surface area contributed by atoms with Gasteiger partial charge in [0.2, 0.25) is 0 Å². The summed E-state index contributed by atoms with van der Waals surface area (Å²) in [5.41, 5.74) is 1.50. The predicted octanol–water partition coefficient (Wildman–Crippen LogP) is 4.53. The zero-order chi connectivity index (χ0) is 9.42. The minimum Gasteiger partial charge on any atom is -0.140 e. The lowest BCUT2D eigenvalue weighted by atomic mass is 10.1. The van der Waals surface area contributed by atoms with E-state index in [2.05, 4.69) is 48.0 Å². The van der Waals surface area contributed by atoms with Gasteiger partial charge in [0.1, 0.15) is 0 Å². The lowest BCUT2D eigenvalue weighted by Gasteiger charge is -1.96. The van der Waals surface area contributed by atoms with Crippen LogP contribution in [0.3, 0.4) is 0 Å². The molecule has 13 heavy (non-hydrogen) atoms. The van der Waals surface area contributed by atoms with Crippen LogP contribution in [-0.4, -0.2) is 0 Å². The van der Waals surface area contributed by atoms with Crippen molar-refractivity contribution in [1.82, 2.24) is 0 Å². The second kappa shape index (κ2) is 3.43. The van der Waals surface area contributed by atoms with E-state index in [9.17, 15) is 0 Å². The van der Waals surface area contributed by atoms with Crippen molar-refractivity contribution < 1.29 is 0 Å². The molecule has 2 aromatic rings. The Morgan fingerprint density at radius 1 is 1.38 bits per heavy atom. The zero-order valence-corrected chi connectivity index (χ0v) is 10.1. The van der Waals surface area contributed by atoms with Gasteiger partial charge in [0.15, 0.2) is 0 Å². The van der Waals surface area contributed by atoms with Crippen LogP contribution in [0.25, 0.3) is 10.1 Å². The van der Waals surface area contributed by atoms with Crippen molar-refractivity contribution in [3.8, 4) is 0 Å². The molecule has 68 valence electrons. The fourth-order valence-electron chi connectivity index (χ4n) is 1.68. The van der Waals surface area contributed by atoms with Crippen molar-refractivity contribution >= 4 is 37.4 Å². The summed E-state index contributed by atoms with van der Waals surface area (Å²) < 4.78 is 2.57. The summed E-state index contributed by atoms with van der Waals surface area (Å²) in [6, 6.07) is 6.52.